The number of hydrogen-bond donors (Lipinski definition) is 3. The highest BCUT2D eigenvalue weighted by Crippen LogP contribution is 2.23. The van der Waals surface area contributed by atoms with E-state index in [0.29, 0.717) is 18.9 Å². The average Bonchev–Trinajstić information content (AvgIpc) is 3.20. The van der Waals surface area contributed by atoms with E-state index in [-0.39, 0.29) is 5.69 Å². The Morgan fingerprint density at radius 2 is 2.13 bits per heavy atom. The van der Waals surface area contributed by atoms with Gasteiger partial charge in [0, 0.05) is 18.7 Å². The van der Waals surface area contributed by atoms with Gasteiger partial charge in [-0.2, -0.15) is 5.10 Å². The number of methoxy groups -OCH3 is 1. The Labute approximate surface area is 135 Å². The van der Waals surface area contributed by atoms with Crippen LogP contribution in [-0.2, 0) is 19.6 Å². The minimum Gasteiger partial charge on any atom is -0.496 e. The van der Waals surface area contributed by atoms with Crippen LogP contribution in [0.2, 0.25) is 0 Å². The largest absolute Gasteiger partial charge is 0.496 e. The smallest absolute Gasteiger partial charge is 0.340 e. The molecule has 1 aromatic heterocycles. The van der Waals surface area contributed by atoms with Crippen molar-refractivity contribution >= 4 is 0 Å². The molecule has 1 aliphatic heterocycles. The highest BCUT2D eigenvalue weighted by atomic mass is 16.5. The number of ether oxygens (including phenoxy) is 1. The van der Waals surface area contributed by atoms with E-state index in [0.717, 1.165) is 25.4 Å². The molecule has 0 bridgehead atoms. The zero-order valence-electron chi connectivity index (χ0n) is 13.4. The van der Waals surface area contributed by atoms with Gasteiger partial charge in [-0.15, -0.1) is 0 Å². The summed E-state index contributed by atoms with van der Waals surface area (Å²) in [5, 5.41) is 9.52. The fraction of sp³-hybridized carbons (Fsp3) is 0.500. The molecule has 2 heterocycles. The molecule has 0 amide bonds. The second-order valence-corrected chi connectivity index (χ2v) is 5.86. The number of rotatable bonds is 7. The molecule has 1 aliphatic rings. The molecule has 7 nitrogen and oxygen atoms in total. The van der Waals surface area contributed by atoms with Gasteiger partial charge < -0.3 is 10.1 Å². The van der Waals surface area contributed by atoms with Gasteiger partial charge in [0.1, 0.15) is 11.6 Å². The van der Waals surface area contributed by atoms with Crippen molar-refractivity contribution in [2.24, 2.45) is 0 Å². The Morgan fingerprint density at radius 1 is 1.30 bits per heavy atom. The topological polar surface area (TPSA) is 86.0 Å². The summed E-state index contributed by atoms with van der Waals surface area (Å²) in [6, 6.07) is 6.28. The van der Waals surface area contributed by atoms with Crippen molar-refractivity contribution in [1.29, 1.82) is 0 Å². The van der Waals surface area contributed by atoms with Crippen LogP contribution in [0.1, 0.15) is 29.8 Å². The summed E-state index contributed by atoms with van der Waals surface area (Å²) < 4.78 is 5.49. The number of H-pyrrole nitrogens is 2. The fourth-order valence-electron chi connectivity index (χ4n) is 2.96. The van der Waals surface area contributed by atoms with Crippen molar-refractivity contribution in [2.45, 2.75) is 32.5 Å². The number of aromatic nitrogens is 3. The molecule has 0 aliphatic carbocycles. The van der Waals surface area contributed by atoms with Gasteiger partial charge in [0.25, 0.3) is 0 Å². The van der Waals surface area contributed by atoms with Gasteiger partial charge in [0.2, 0.25) is 0 Å². The third-order valence-corrected chi connectivity index (χ3v) is 4.11. The average molecular weight is 317 g/mol. The molecule has 2 aromatic rings. The van der Waals surface area contributed by atoms with Crippen molar-refractivity contribution < 1.29 is 4.74 Å². The Balaban J connectivity index is 1.61. The molecule has 3 rings (SSSR count). The molecule has 1 saturated heterocycles. The van der Waals surface area contributed by atoms with Gasteiger partial charge >= 0.3 is 5.69 Å². The van der Waals surface area contributed by atoms with Crippen molar-refractivity contribution in [1.82, 2.24) is 25.4 Å². The lowest BCUT2D eigenvalue weighted by atomic mass is 10.1. The molecule has 1 aromatic carbocycles. The number of likely N-dealkylation sites (tertiary alicyclic amines) is 1. The standard InChI is InChI=1S/C16H23N5O2/c1-23-14-5-4-12(8-13(14)11-21-6-2-3-7-21)9-17-10-15-18-16(22)20-19-15/h4-5,8,17H,2-3,6-7,9-11H2,1H3,(H2,18,19,20,22). The van der Waals surface area contributed by atoms with E-state index in [1.807, 2.05) is 6.07 Å². The lowest BCUT2D eigenvalue weighted by Crippen LogP contribution is -2.19. The molecule has 0 atom stereocenters. The second kappa shape index (κ2) is 7.43. The zero-order valence-corrected chi connectivity index (χ0v) is 13.4. The van der Waals surface area contributed by atoms with Crippen LogP contribution in [-0.4, -0.2) is 40.3 Å². The summed E-state index contributed by atoms with van der Waals surface area (Å²) >= 11 is 0. The van der Waals surface area contributed by atoms with Gasteiger partial charge in [-0.1, -0.05) is 6.07 Å². The summed E-state index contributed by atoms with van der Waals surface area (Å²) in [4.78, 5) is 16.1. The third-order valence-electron chi connectivity index (χ3n) is 4.11. The molecule has 0 saturated carbocycles. The Morgan fingerprint density at radius 3 is 2.83 bits per heavy atom. The quantitative estimate of drug-likeness (QED) is 0.709. The van der Waals surface area contributed by atoms with Crippen molar-refractivity contribution in [3.8, 4) is 5.75 Å². The van der Waals surface area contributed by atoms with Crippen LogP contribution in [0.5, 0.6) is 5.75 Å². The van der Waals surface area contributed by atoms with Gasteiger partial charge in [0.05, 0.1) is 13.7 Å². The maximum Gasteiger partial charge on any atom is 0.340 e. The molecule has 124 valence electrons. The summed E-state index contributed by atoms with van der Waals surface area (Å²) in [5.74, 6) is 1.55. The number of hydrogen-bond acceptors (Lipinski definition) is 5. The maximum atomic E-state index is 11.0. The Kier molecular flexibility index (Phi) is 5.09. The van der Waals surface area contributed by atoms with E-state index in [4.69, 9.17) is 4.74 Å². The van der Waals surface area contributed by atoms with E-state index in [9.17, 15) is 4.79 Å². The Bertz CT molecular complexity index is 688. The summed E-state index contributed by atoms with van der Waals surface area (Å²) in [5.41, 5.74) is 2.14. The van der Waals surface area contributed by atoms with Gasteiger partial charge in [-0.05, 0) is 43.6 Å². The van der Waals surface area contributed by atoms with E-state index >= 15 is 0 Å². The zero-order chi connectivity index (χ0) is 16.1. The molecule has 0 radical (unpaired) electrons. The highest BCUT2D eigenvalue weighted by Gasteiger charge is 2.14. The molecule has 3 N–H and O–H groups in total. The molecule has 1 fully saturated rings. The number of benzene rings is 1. The van der Waals surface area contributed by atoms with Gasteiger partial charge in [0.15, 0.2) is 0 Å². The summed E-state index contributed by atoms with van der Waals surface area (Å²) in [7, 11) is 1.72. The maximum absolute atomic E-state index is 11.0. The first-order valence-corrected chi connectivity index (χ1v) is 7.97. The summed E-state index contributed by atoms with van der Waals surface area (Å²) in [6.45, 7) is 4.50. The molecular weight excluding hydrogens is 294 g/mol. The van der Waals surface area contributed by atoms with Crippen LogP contribution in [0.4, 0.5) is 0 Å². The second-order valence-electron chi connectivity index (χ2n) is 5.86. The monoisotopic (exact) mass is 317 g/mol. The number of aromatic amines is 2. The first-order valence-electron chi connectivity index (χ1n) is 7.97. The lowest BCUT2D eigenvalue weighted by molar-refractivity contribution is 0.320. The minimum absolute atomic E-state index is 0.279. The number of nitrogens with zero attached hydrogens (tertiary/aromatic N) is 2. The molecule has 7 heteroatoms. The van der Waals surface area contributed by atoms with Crippen LogP contribution < -0.4 is 15.7 Å². The van der Waals surface area contributed by atoms with Crippen molar-refractivity contribution in [3.63, 3.8) is 0 Å². The first kappa shape index (κ1) is 15.8. The van der Waals surface area contributed by atoms with E-state index in [1.54, 1.807) is 7.11 Å². The normalized spacial score (nSPS) is 15.2. The molecular formula is C16H23N5O2. The predicted molar refractivity (Wildman–Crippen MR) is 87.3 cm³/mol. The molecule has 0 unspecified atom stereocenters. The van der Waals surface area contributed by atoms with Crippen LogP contribution >= 0.6 is 0 Å². The van der Waals surface area contributed by atoms with Gasteiger partial charge in [-0.3, -0.25) is 9.88 Å². The Hall–Kier alpha value is -2.12. The summed E-state index contributed by atoms with van der Waals surface area (Å²) in [6.07, 6.45) is 2.57. The van der Waals surface area contributed by atoms with Crippen LogP contribution in [0.15, 0.2) is 23.0 Å². The third kappa shape index (κ3) is 4.20. The lowest BCUT2D eigenvalue weighted by Gasteiger charge is -2.18. The van der Waals surface area contributed by atoms with Gasteiger partial charge in [-0.25, -0.2) is 9.89 Å². The van der Waals surface area contributed by atoms with Crippen LogP contribution in [0.25, 0.3) is 0 Å². The number of nitrogens with one attached hydrogen (secondary N) is 3. The van der Waals surface area contributed by atoms with Crippen LogP contribution in [0.3, 0.4) is 0 Å². The predicted octanol–water partition coefficient (Wildman–Crippen LogP) is 0.992. The van der Waals surface area contributed by atoms with Crippen molar-refractivity contribution in [3.05, 3.63) is 45.6 Å². The molecule has 23 heavy (non-hydrogen) atoms. The minimum atomic E-state index is -0.279. The van der Waals surface area contributed by atoms with Crippen molar-refractivity contribution in [2.75, 3.05) is 20.2 Å². The van der Waals surface area contributed by atoms with E-state index in [2.05, 4.69) is 37.5 Å². The highest BCUT2D eigenvalue weighted by molar-refractivity contribution is 5.37. The molecule has 0 spiro atoms. The van der Waals surface area contributed by atoms with E-state index < -0.39 is 0 Å². The SMILES string of the molecule is COc1ccc(CNCc2n[nH]c(=O)[nH]2)cc1CN1CCCC1. The van der Waals surface area contributed by atoms with E-state index in [1.165, 1.54) is 24.0 Å². The van der Waals surface area contributed by atoms with Crippen LogP contribution in [0, 0.1) is 0 Å². The first-order chi connectivity index (χ1) is 11.2. The fourth-order valence-corrected chi connectivity index (χ4v) is 2.96.